The van der Waals surface area contributed by atoms with Gasteiger partial charge in [0.15, 0.2) is 11.5 Å². The molecule has 0 unspecified atom stereocenters. The van der Waals surface area contributed by atoms with Crippen LogP contribution in [0.1, 0.15) is 29.7 Å². The molecule has 0 bridgehead atoms. The lowest BCUT2D eigenvalue weighted by Gasteiger charge is -2.14. The van der Waals surface area contributed by atoms with Crippen molar-refractivity contribution < 1.29 is 19.0 Å². The van der Waals surface area contributed by atoms with Crippen LogP contribution >= 0.6 is 0 Å². The fraction of sp³-hybridized carbons (Fsp3) is 0.429. The molecule has 1 heterocycles. The average Bonchev–Trinajstić information content (AvgIpc) is 3.14. The summed E-state index contributed by atoms with van der Waals surface area (Å²) in [7, 11) is 4.68. The van der Waals surface area contributed by atoms with Crippen LogP contribution in [0.4, 0.5) is 0 Å². The molecular formula is C21H27N3O4. The number of benzene rings is 1. The van der Waals surface area contributed by atoms with Crippen LogP contribution in [0.3, 0.4) is 0 Å². The Hall–Kier alpha value is -2.96. The lowest BCUT2D eigenvalue weighted by Crippen LogP contribution is -2.26. The third-order valence-corrected chi connectivity index (χ3v) is 4.88. The number of fused-ring (bicyclic) bond motifs is 1. The number of rotatable bonds is 8. The maximum Gasteiger partial charge on any atom is 0.244 e. The van der Waals surface area contributed by atoms with E-state index in [1.54, 1.807) is 39.5 Å². The molecule has 0 atom stereocenters. The molecule has 1 aromatic heterocycles. The highest BCUT2D eigenvalue weighted by Crippen LogP contribution is 2.38. The molecule has 7 heteroatoms. The zero-order chi connectivity index (χ0) is 19.9. The van der Waals surface area contributed by atoms with Crippen molar-refractivity contribution in [2.75, 3.05) is 27.9 Å². The van der Waals surface area contributed by atoms with E-state index in [1.807, 2.05) is 10.9 Å². The van der Waals surface area contributed by atoms with Crippen LogP contribution in [0.25, 0.3) is 6.08 Å². The second-order valence-electron chi connectivity index (χ2n) is 6.63. The first kappa shape index (κ1) is 19.8. The molecule has 1 amide bonds. The number of aromatic nitrogens is 2. The Labute approximate surface area is 165 Å². The summed E-state index contributed by atoms with van der Waals surface area (Å²) in [5, 5.41) is 7.35. The van der Waals surface area contributed by atoms with Crippen LogP contribution in [-0.2, 0) is 24.2 Å². The number of carbonyl (C=O) groups excluding carboxylic acids is 1. The van der Waals surface area contributed by atoms with Gasteiger partial charge in [-0.3, -0.25) is 9.48 Å². The number of ether oxygens (including phenoxy) is 3. The largest absolute Gasteiger partial charge is 0.493 e. The molecule has 150 valence electrons. The fourth-order valence-corrected chi connectivity index (χ4v) is 3.46. The number of nitrogens with zero attached hydrogens (tertiary/aromatic N) is 2. The van der Waals surface area contributed by atoms with Crippen LogP contribution in [0, 0.1) is 0 Å². The van der Waals surface area contributed by atoms with Crippen molar-refractivity contribution in [2.24, 2.45) is 0 Å². The zero-order valence-electron chi connectivity index (χ0n) is 16.7. The number of aryl methyl sites for hydroxylation is 1. The van der Waals surface area contributed by atoms with Gasteiger partial charge in [-0.05, 0) is 55.0 Å². The molecule has 28 heavy (non-hydrogen) atoms. The Morgan fingerprint density at radius 1 is 1.14 bits per heavy atom. The summed E-state index contributed by atoms with van der Waals surface area (Å²) in [5.41, 5.74) is 3.44. The lowest BCUT2D eigenvalue weighted by atomic mass is 9.98. The second-order valence-corrected chi connectivity index (χ2v) is 6.63. The highest BCUT2D eigenvalue weighted by Gasteiger charge is 2.15. The monoisotopic (exact) mass is 385 g/mol. The molecule has 0 spiro atoms. The summed E-state index contributed by atoms with van der Waals surface area (Å²) in [5.74, 6) is 1.46. The van der Waals surface area contributed by atoms with Gasteiger partial charge in [0.1, 0.15) is 0 Å². The van der Waals surface area contributed by atoms with Gasteiger partial charge < -0.3 is 19.5 Å². The number of hydrogen-bond donors (Lipinski definition) is 1. The predicted molar refractivity (Wildman–Crippen MR) is 107 cm³/mol. The first-order chi connectivity index (χ1) is 13.7. The van der Waals surface area contributed by atoms with Crippen molar-refractivity contribution in [1.29, 1.82) is 0 Å². The van der Waals surface area contributed by atoms with E-state index in [4.69, 9.17) is 14.2 Å². The number of methoxy groups -OCH3 is 3. The molecule has 2 aromatic rings. The molecule has 0 fully saturated rings. The van der Waals surface area contributed by atoms with Gasteiger partial charge in [-0.2, -0.15) is 5.10 Å². The first-order valence-electron chi connectivity index (χ1n) is 9.45. The predicted octanol–water partition coefficient (Wildman–Crippen LogP) is 2.62. The smallest absolute Gasteiger partial charge is 0.244 e. The summed E-state index contributed by atoms with van der Waals surface area (Å²) in [6, 6.07) is 3.59. The summed E-state index contributed by atoms with van der Waals surface area (Å²) >= 11 is 0. The van der Waals surface area contributed by atoms with Gasteiger partial charge in [0.25, 0.3) is 0 Å². The third kappa shape index (κ3) is 4.47. The molecule has 1 aliphatic rings. The van der Waals surface area contributed by atoms with Gasteiger partial charge in [-0.15, -0.1) is 0 Å². The Kier molecular flexibility index (Phi) is 6.57. The van der Waals surface area contributed by atoms with Gasteiger partial charge in [0.2, 0.25) is 11.7 Å². The summed E-state index contributed by atoms with van der Waals surface area (Å²) in [4.78, 5) is 12.2. The Morgan fingerprint density at radius 3 is 2.54 bits per heavy atom. The quantitative estimate of drug-likeness (QED) is 0.707. The SMILES string of the molecule is COc1cc(C=CC(=O)NCCn2ncc3c2CCCC3)cc(OC)c1OC. The molecule has 1 aliphatic carbocycles. The second kappa shape index (κ2) is 9.30. The van der Waals surface area contributed by atoms with Crippen molar-refractivity contribution in [3.63, 3.8) is 0 Å². The lowest BCUT2D eigenvalue weighted by molar-refractivity contribution is -0.116. The van der Waals surface area contributed by atoms with Crippen LogP contribution in [-0.4, -0.2) is 43.6 Å². The number of carbonyl (C=O) groups is 1. The van der Waals surface area contributed by atoms with E-state index in [1.165, 1.54) is 30.2 Å². The van der Waals surface area contributed by atoms with Crippen LogP contribution in [0.15, 0.2) is 24.4 Å². The Bertz CT molecular complexity index is 832. The molecule has 0 saturated carbocycles. The number of nitrogens with one attached hydrogen (secondary N) is 1. The number of amides is 1. The van der Waals surface area contributed by atoms with E-state index in [-0.39, 0.29) is 5.91 Å². The maximum absolute atomic E-state index is 12.2. The number of hydrogen-bond acceptors (Lipinski definition) is 5. The summed E-state index contributed by atoms with van der Waals surface area (Å²) in [6.45, 7) is 1.21. The van der Waals surface area contributed by atoms with E-state index in [0.29, 0.717) is 30.3 Å². The topological polar surface area (TPSA) is 74.6 Å². The summed E-state index contributed by atoms with van der Waals surface area (Å²) in [6.07, 6.45) is 9.81. The van der Waals surface area contributed by atoms with Gasteiger partial charge in [0.05, 0.1) is 34.1 Å². The highest BCUT2D eigenvalue weighted by atomic mass is 16.5. The Balaban J connectivity index is 1.57. The van der Waals surface area contributed by atoms with Crippen molar-refractivity contribution in [3.8, 4) is 17.2 Å². The zero-order valence-corrected chi connectivity index (χ0v) is 16.7. The highest BCUT2D eigenvalue weighted by molar-refractivity contribution is 5.91. The van der Waals surface area contributed by atoms with Gasteiger partial charge in [-0.1, -0.05) is 0 Å². The molecule has 0 radical (unpaired) electrons. The minimum Gasteiger partial charge on any atom is -0.493 e. The van der Waals surface area contributed by atoms with E-state index >= 15 is 0 Å². The third-order valence-electron chi connectivity index (χ3n) is 4.88. The average molecular weight is 385 g/mol. The van der Waals surface area contributed by atoms with E-state index in [9.17, 15) is 4.79 Å². The molecular weight excluding hydrogens is 358 g/mol. The first-order valence-corrected chi connectivity index (χ1v) is 9.45. The minimum absolute atomic E-state index is 0.158. The van der Waals surface area contributed by atoms with E-state index < -0.39 is 0 Å². The molecule has 0 aliphatic heterocycles. The van der Waals surface area contributed by atoms with Crippen molar-refractivity contribution in [2.45, 2.75) is 32.2 Å². The molecule has 1 N–H and O–H groups in total. The standard InChI is InChI=1S/C21H27N3O4/c1-26-18-12-15(13-19(27-2)21(18)28-3)8-9-20(25)22-10-11-24-17-7-5-4-6-16(17)14-23-24/h8-9,12-14H,4-7,10-11H2,1-3H3,(H,22,25). The maximum atomic E-state index is 12.2. The Morgan fingerprint density at radius 2 is 1.86 bits per heavy atom. The van der Waals surface area contributed by atoms with Crippen molar-refractivity contribution in [3.05, 3.63) is 41.2 Å². The minimum atomic E-state index is -0.158. The van der Waals surface area contributed by atoms with Crippen LogP contribution < -0.4 is 19.5 Å². The molecule has 1 aromatic carbocycles. The summed E-state index contributed by atoms with van der Waals surface area (Å²) < 4.78 is 18.0. The van der Waals surface area contributed by atoms with Crippen LogP contribution in [0.2, 0.25) is 0 Å². The normalized spacial score (nSPS) is 13.2. The van der Waals surface area contributed by atoms with Crippen molar-refractivity contribution in [1.82, 2.24) is 15.1 Å². The molecule has 0 saturated heterocycles. The van der Waals surface area contributed by atoms with Crippen molar-refractivity contribution >= 4 is 12.0 Å². The van der Waals surface area contributed by atoms with E-state index in [0.717, 1.165) is 18.4 Å². The van der Waals surface area contributed by atoms with Gasteiger partial charge >= 0.3 is 0 Å². The van der Waals surface area contributed by atoms with Crippen LogP contribution in [0.5, 0.6) is 17.2 Å². The van der Waals surface area contributed by atoms with Gasteiger partial charge in [-0.25, -0.2) is 0 Å². The van der Waals surface area contributed by atoms with E-state index in [2.05, 4.69) is 10.4 Å². The molecule has 7 nitrogen and oxygen atoms in total. The molecule has 3 rings (SSSR count). The fourth-order valence-electron chi connectivity index (χ4n) is 3.46. The van der Waals surface area contributed by atoms with Gasteiger partial charge in [0, 0.05) is 18.3 Å².